The van der Waals surface area contributed by atoms with E-state index in [2.05, 4.69) is 24.5 Å². The van der Waals surface area contributed by atoms with E-state index >= 15 is 0 Å². The van der Waals surface area contributed by atoms with Gasteiger partial charge in [0.25, 0.3) is 0 Å². The molecule has 0 saturated heterocycles. The predicted octanol–water partition coefficient (Wildman–Crippen LogP) is 12.3. The molecule has 244 valence electrons. The second kappa shape index (κ2) is 29.6. The molecule has 0 aromatic rings. The van der Waals surface area contributed by atoms with Gasteiger partial charge in [-0.3, -0.25) is 0 Å². The van der Waals surface area contributed by atoms with E-state index in [4.69, 9.17) is 4.84 Å². The standard InChI is InChI=1S/C37H74N2O2/c1-4-6-8-15-22-28-36-34(26-20-7-5-2)30-31-35(27-21-16-11-9-13-18-24-32-38-40)37(36)29-23-17-12-10-14-19-25-33-39-41-3/h34-37,39H,4-33H2,1-3H3. The first kappa shape index (κ1) is 38.5. The quantitative estimate of drug-likeness (QED) is 0.0505. The highest BCUT2D eigenvalue weighted by atomic mass is 16.6. The summed E-state index contributed by atoms with van der Waals surface area (Å²) in [5.41, 5.74) is 2.97. The van der Waals surface area contributed by atoms with Gasteiger partial charge < -0.3 is 4.84 Å². The van der Waals surface area contributed by atoms with E-state index in [1.807, 2.05) is 0 Å². The van der Waals surface area contributed by atoms with Crippen LogP contribution in [0.3, 0.4) is 0 Å². The summed E-state index contributed by atoms with van der Waals surface area (Å²) in [7, 11) is 1.71. The first-order chi connectivity index (χ1) is 20.3. The maximum absolute atomic E-state index is 10.3. The van der Waals surface area contributed by atoms with E-state index in [0.29, 0.717) is 6.54 Å². The Balaban J connectivity index is 2.60. The summed E-state index contributed by atoms with van der Waals surface area (Å²) < 4.78 is 0. The van der Waals surface area contributed by atoms with Crippen molar-refractivity contribution < 1.29 is 4.84 Å². The predicted molar refractivity (Wildman–Crippen MR) is 180 cm³/mol. The summed E-state index contributed by atoms with van der Waals surface area (Å²) in [6.07, 6.45) is 39.2. The van der Waals surface area contributed by atoms with Crippen LogP contribution in [0.2, 0.25) is 0 Å². The summed E-state index contributed by atoms with van der Waals surface area (Å²) >= 11 is 0. The zero-order valence-electron chi connectivity index (χ0n) is 28.3. The van der Waals surface area contributed by atoms with Gasteiger partial charge in [0.1, 0.15) is 0 Å². The minimum absolute atomic E-state index is 0.509. The fourth-order valence-corrected chi connectivity index (χ4v) is 7.84. The minimum atomic E-state index is 0.509. The van der Waals surface area contributed by atoms with E-state index in [1.54, 1.807) is 7.11 Å². The van der Waals surface area contributed by atoms with Gasteiger partial charge in [0.15, 0.2) is 0 Å². The fraction of sp³-hybridized carbons (Fsp3) is 1.00. The maximum Gasteiger partial charge on any atom is 0.0811 e. The van der Waals surface area contributed by atoms with Crippen molar-refractivity contribution in [3.05, 3.63) is 4.91 Å². The van der Waals surface area contributed by atoms with Crippen LogP contribution >= 0.6 is 0 Å². The van der Waals surface area contributed by atoms with Crippen molar-refractivity contribution in [1.29, 1.82) is 0 Å². The van der Waals surface area contributed by atoms with Crippen molar-refractivity contribution in [2.45, 2.75) is 194 Å². The van der Waals surface area contributed by atoms with Crippen LogP contribution < -0.4 is 5.48 Å². The molecule has 1 aliphatic rings. The van der Waals surface area contributed by atoms with Gasteiger partial charge >= 0.3 is 0 Å². The van der Waals surface area contributed by atoms with Crippen LogP contribution in [0.5, 0.6) is 0 Å². The summed E-state index contributed by atoms with van der Waals surface area (Å²) in [5, 5.41) is 3.00. The molecule has 4 unspecified atom stereocenters. The highest BCUT2D eigenvalue weighted by molar-refractivity contribution is 4.88. The first-order valence-electron chi connectivity index (χ1n) is 18.8. The fourth-order valence-electron chi connectivity index (χ4n) is 7.84. The summed E-state index contributed by atoms with van der Waals surface area (Å²) in [5.74, 6) is 4.00. The number of hydroxylamine groups is 1. The number of rotatable bonds is 31. The molecule has 1 saturated carbocycles. The highest BCUT2D eigenvalue weighted by Crippen LogP contribution is 2.47. The molecule has 0 bridgehead atoms. The third kappa shape index (κ3) is 21.0. The molecular weight excluding hydrogens is 504 g/mol. The number of hydrogen-bond donors (Lipinski definition) is 1. The number of nitrogens with one attached hydrogen (secondary N) is 1. The van der Waals surface area contributed by atoms with Gasteiger partial charge in [-0.05, 0) is 62.2 Å². The van der Waals surface area contributed by atoms with Gasteiger partial charge in [0.05, 0.1) is 13.7 Å². The second-order valence-electron chi connectivity index (χ2n) is 13.6. The Bertz CT molecular complexity index is 543. The molecule has 41 heavy (non-hydrogen) atoms. The zero-order valence-corrected chi connectivity index (χ0v) is 28.3. The van der Waals surface area contributed by atoms with E-state index in [0.717, 1.165) is 36.6 Å². The molecule has 0 aromatic heterocycles. The SMILES string of the molecule is CCCCCCCC1C(CCCCC)CCC(CCCCCCCCCN=O)C1CCCCCCCCCNOC. The number of nitroso groups, excluding NO2 is 1. The maximum atomic E-state index is 10.3. The third-order valence-corrected chi connectivity index (χ3v) is 10.3. The minimum Gasteiger partial charge on any atom is -0.305 e. The normalized spacial score (nSPS) is 21.0. The van der Waals surface area contributed by atoms with Gasteiger partial charge in [-0.1, -0.05) is 160 Å². The average molecular weight is 579 g/mol. The van der Waals surface area contributed by atoms with Crippen LogP contribution in [0.15, 0.2) is 5.18 Å². The monoisotopic (exact) mass is 579 g/mol. The van der Waals surface area contributed by atoms with Crippen LogP contribution in [0, 0.1) is 28.6 Å². The Hall–Kier alpha value is -0.480. The molecule has 1 N–H and O–H groups in total. The Labute approximate surface area is 257 Å². The third-order valence-electron chi connectivity index (χ3n) is 10.3. The first-order valence-corrected chi connectivity index (χ1v) is 18.8. The molecule has 0 heterocycles. The number of unbranched alkanes of at least 4 members (excludes halogenated alkanes) is 18. The average Bonchev–Trinajstić information content (AvgIpc) is 2.98. The Morgan fingerprint density at radius 1 is 0.537 bits per heavy atom. The Morgan fingerprint density at radius 3 is 1.41 bits per heavy atom. The molecule has 0 radical (unpaired) electrons. The van der Waals surface area contributed by atoms with Crippen LogP contribution in [0.4, 0.5) is 0 Å². The van der Waals surface area contributed by atoms with Gasteiger partial charge in [0.2, 0.25) is 0 Å². The molecule has 4 atom stereocenters. The second-order valence-corrected chi connectivity index (χ2v) is 13.6. The lowest BCUT2D eigenvalue weighted by Crippen LogP contribution is -2.35. The smallest absolute Gasteiger partial charge is 0.0811 e. The van der Waals surface area contributed by atoms with Crippen molar-refractivity contribution in [1.82, 2.24) is 5.48 Å². The lowest BCUT2D eigenvalue weighted by atomic mass is 9.61. The van der Waals surface area contributed by atoms with Crippen LogP contribution in [-0.2, 0) is 4.84 Å². The largest absolute Gasteiger partial charge is 0.305 e. The molecule has 0 amide bonds. The van der Waals surface area contributed by atoms with Gasteiger partial charge in [-0.2, -0.15) is 4.91 Å². The topological polar surface area (TPSA) is 50.7 Å². The van der Waals surface area contributed by atoms with Crippen LogP contribution in [0.1, 0.15) is 194 Å². The molecule has 1 rings (SSSR count). The van der Waals surface area contributed by atoms with Crippen molar-refractivity contribution in [3.63, 3.8) is 0 Å². The lowest BCUT2D eigenvalue weighted by molar-refractivity contribution is 0.0581. The highest BCUT2D eigenvalue weighted by Gasteiger charge is 2.37. The van der Waals surface area contributed by atoms with Gasteiger partial charge in [-0.25, -0.2) is 5.48 Å². The van der Waals surface area contributed by atoms with Crippen molar-refractivity contribution in [3.8, 4) is 0 Å². The van der Waals surface area contributed by atoms with E-state index < -0.39 is 0 Å². The summed E-state index contributed by atoms with van der Waals surface area (Å²) in [6, 6.07) is 0. The van der Waals surface area contributed by atoms with E-state index in [9.17, 15) is 4.91 Å². The van der Waals surface area contributed by atoms with Crippen LogP contribution in [0.25, 0.3) is 0 Å². The molecule has 1 aliphatic carbocycles. The van der Waals surface area contributed by atoms with Crippen molar-refractivity contribution >= 4 is 0 Å². The molecule has 0 aromatic carbocycles. The van der Waals surface area contributed by atoms with Gasteiger partial charge in [0, 0.05) is 6.54 Å². The number of nitrogens with zero attached hydrogens (tertiary/aromatic N) is 1. The lowest BCUT2D eigenvalue weighted by Gasteiger charge is -2.44. The van der Waals surface area contributed by atoms with Crippen molar-refractivity contribution in [2.75, 3.05) is 20.2 Å². The Kier molecular flexibility index (Phi) is 27.8. The Morgan fingerprint density at radius 2 is 0.927 bits per heavy atom. The number of hydrogen-bond acceptors (Lipinski definition) is 4. The van der Waals surface area contributed by atoms with E-state index in [1.165, 1.54) is 173 Å². The molecular formula is C37H74N2O2. The van der Waals surface area contributed by atoms with Crippen molar-refractivity contribution in [2.24, 2.45) is 28.8 Å². The van der Waals surface area contributed by atoms with Crippen LogP contribution in [-0.4, -0.2) is 20.2 Å². The summed E-state index contributed by atoms with van der Waals surface area (Å²) in [4.78, 5) is 15.2. The molecule has 1 fully saturated rings. The molecule has 4 nitrogen and oxygen atoms in total. The zero-order chi connectivity index (χ0) is 29.6. The van der Waals surface area contributed by atoms with E-state index in [-0.39, 0.29) is 0 Å². The van der Waals surface area contributed by atoms with Gasteiger partial charge in [-0.15, -0.1) is 0 Å². The molecule has 4 heteroatoms. The summed E-state index contributed by atoms with van der Waals surface area (Å²) in [6.45, 7) is 6.20. The molecule has 0 aliphatic heterocycles. The molecule has 0 spiro atoms.